The van der Waals surface area contributed by atoms with E-state index in [-0.39, 0.29) is 24.2 Å². The van der Waals surface area contributed by atoms with Gasteiger partial charge in [0.05, 0.1) is 5.92 Å². The normalized spacial score (nSPS) is 16.1. The first-order valence-electron chi connectivity index (χ1n) is 10.2. The topological polar surface area (TPSA) is 55.9 Å². The smallest absolute Gasteiger partial charge is 0.229 e. The molecule has 0 bridgehead atoms. The number of carbonyl (C=O) groups excluding carboxylic acids is 2. The number of anilines is 4. The monoisotopic (exact) mass is 394 g/mol. The fraction of sp³-hybridized carbons (Fsp3) is 0.391. The van der Waals surface area contributed by atoms with Gasteiger partial charge in [-0.2, -0.15) is 0 Å². The van der Waals surface area contributed by atoms with E-state index in [2.05, 4.69) is 24.1 Å². The van der Waals surface area contributed by atoms with E-state index in [1.807, 2.05) is 67.5 Å². The molecule has 2 amide bonds. The highest BCUT2D eigenvalue weighted by molar-refractivity contribution is 6.03. The first-order valence-corrected chi connectivity index (χ1v) is 10.2. The van der Waals surface area contributed by atoms with Crippen molar-refractivity contribution >= 4 is 34.6 Å². The molecule has 29 heavy (non-hydrogen) atoms. The second-order valence-electron chi connectivity index (χ2n) is 7.52. The van der Waals surface area contributed by atoms with Crippen molar-refractivity contribution < 1.29 is 9.59 Å². The van der Waals surface area contributed by atoms with Crippen LogP contribution < -0.4 is 20.0 Å². The molecule has 0 saturated carbocycles. The molecule has 1 fully saturated rings. The predicted molar refractivity (Wildman–Crippen MR) is 120 cm³/mol. The summed E-state index contributed by atoms with van der Waals surface area (Å²) in [6.07, 6.45) is 0.236. The number of nitrogens with zero attached hydrogens (tertiary/aromatic N) is 3. The van der Waals surface area contributed by atoms with E-state index in [9.17, 15) is 9.59 Å². The van der Waals surface area contributed by atoms with Crippen LogP contribution in [-0.4, -0.2) is 45.5 Å². The zero-order valence-electron chi connectivity index (χ0n) is 17.7. The summed E-state index contributed by atoms with van der Waals surface area (Å²) in [5.41, 5.74) is 3.80. The van der Waals surface area contributed by atoms with Gasteiger partial charge in [-0.1, -0.05) is 0 Å². The number of hydrogen-bond donors (Lipinski definition) is 1. The van der Waals surface area contributed by atoms with Crippen LogP contribution in [0.3, 0.4) is 0 Å². The molecule has 6 nitrogen and oxygen atoms in total. The van der Waals surface area contributed by atoms with Crippen LogP contribution in [0, 0.1) is 5.92 Å². The Balaban J connectivity index is 1.64. The second kappa shape index (κ2) is 8.99. The average Bonchev–Trinajstić information content (AvgIpc) is 3.12. The average molecular weight is 395 g/mol. The molecule has 6 heteroatoms. The van der Waals surface area contributed by atoms with E-state index in [0.29, 0.717) is 6.54 Å². The minimum Gasteiger partial charge on any atom is -0.378 e. The summed E-state index contributed by atoms with van der Waals surface area (Å²) in [5, 5.41) is 2.94. The van der Waals surface area contributed by atoms with E-state index in [4.69, 9.17) is 0 Å². The predicted octanol–water partition coefficient (Wildman–Crippen LogP) is 3.59. The number of amides is 2. The zero-order chi connectivity index (χ0) is 21.0. The molecule has 1 aliphatic heterocycles. The SMILES string of the molecule is CCN(CC)c1ccc(N2CC(C(=O)Nc3ccc(N(C)C)cc3)CC2=O)cc1. The van der Waals surface area contributed by atoms with Crippen LogP contribution in [0.4, 0.5) is 22.7 Å². The summed E-state index contributed by atoms with van der Waals surface area (Å²) in [7, 11) is 3.95. The van der Waals surface area contributed by atoms with Crippen LogP contribution in [-0.2, 0) is 9.59 Å². The summed E-state index contributed by atoms with van der Waals surface area (Å²) in [5.74, 6) is -0.472. The Kier molecular flexibility index (Phi) is 6.42. The number of carbonyl (C=O) groups is 2. The van der Waals surface area contributed by atoms with Crippen LogP contribution in [0.15, 0.2) is 48.5 Å². The third-order valence-corrected chi connectivity index (χ3v) is 5.44. The van der Waals surface area contributed by atoms with Crippen LogP contribution in [0.2, 0.25) is 0 Å². The molecule has 0 radical (unpaired) electrons. The minimum atomic E-state index is -0.349. The van der Waals surface area contributed by atoms with Crippen molar-refractivity contribution in [3.05, 3.63) is 48.5 Å². The van der Waals surface area contributed by atoms with Crippen molar-refractivity contribution in [1.29, 1.82) is 0 Å². The lowest BCUT2D eigenvalue weighted by Gasteiger charge is -2.22. The van der Waals surface area contributed by atoms with Gasteiger partial charge in [-0.3, -0.25) is 9.59 Å². The van der Waals surface area contributed by atoms with Crippen molar-refractivity contribution in [2.45, 2.75) is 20.3 Å². The molecule has 0 aromatic heterocycles. The summed E-state index contributed by atoms with van der Waals surface area (Å²) >= 11 is 0. The largest absolute Gasteiger partial charge is 0.378 e. The number of hydrogen-bond acceptors (Lipinski definition) is 4. The van der Waals surface area contributed by atoms with Crippen molar-refractivity contribution in [3.63, 3.8) is 0 Å². The van der Waals surface area contributed by atoms with E-state index < -0.39 is 0 Å². The van der Waals surface area contributed by atoms with Crippen LogP contribution in [0.5, 0.6) is 0 Å². The molecule has 154 valence electrons. The highest BCUT2D eigenvalue weighted by Crippen LogP contribution is 2.28. The van der Waals surface area contributed by atoms with Gasteiger partial charge in [0.15, 0.2) is 0 Å². The Morgan fingerprint density at radius 2 is 1.59 bits per heavy atom. The van der Waals surface area contributed by atoms with Crippen molar-refractivity contribution in [1.82, 2.24) is 0 Å². The first-order chi connectivity index (χ1) is 13.9. The third kappa shape index (κ3) is 4.70. The van der Waals surface area contributed by atoms with Gasteiger partial charge in [-0.05, 0) is 62.4 Å². The quantitative estimate of drug-likeness (QED) is 0.780. The van der Waals surface area contributed by atoms with Gasteiger partial charge in [-0.25, -0.2) is 0 Å². The maximum Gasteiger partial charge on any atom is 0.229 e. The van der Waals surface area contributed by atoms with Gasteiger partial charge in [0.2, 0.25) is 11.8 Å². The third-order valence-electron chi connectivity index (χ3n) is 5.44. The molecule has 3 rings (SSSR count). The molecule has 0 spiro atoms. The summed E-state index contributed by atoms with van der Waals surface area (Å²) in [6.45, 7) is 6.54. The maximum absolute atomic E-state index is 12.7. The molecule has 1 N–H and O–H groups in total. The van der Waals surface area contributed by atoms with Gasteiger partial charge in [-0.15, -0.1) is 0 Å². The fourth-order valence-electron chi connectivity index (χ4n) is 3.65. The van der Waals surface area contributed by atoms with Crippen LogP contribution in [0.25, 0.3) is 0 Å². The maximum atomic E-state index is 12.7. The molecule has 1 unspecified atom stereocenters. The Bertz CT molecular complexity index is 842. The zero-order valence-corrected chi connectivity index (χ0v) is 17.7. The Morgan fingerprint density at radius 1 is 1.00 bits per heavy atom. The second-order valence-corrected chi connectivity index (χ2v) is 7.52. The van der Waals surface area contributed by atoms with Crippen LogP contribution in [0.1, 0.15) is 20.3 Å². The van der Waals surface area contributed by atoms with Crippen molar-refractivity contribution in [3.8, 4) is 0 Å². The van der Waals surface area contributed by atoms with Gasteiger partial charge in [0, 0.05) is 62.9 Å². The molecule has 1 heterocycles. The lowest BCUT2D eigenvalue weighted by molar-refractivity contribution is -0.122. The summed E-state index contributed by atoms with van der Waals surface area (Å²) < 4.78 is 0. The molecule has 1 aliphatic rings. The molecular formula is C23H30N4O2. The number of nitrogens with one attached hydrogen (secondary N) is 1. The molecule has 2 aromatic rings. The molecule has 0 aliphatic carbocycles. The lowest BCUT2D eigenvalue weighted by Crippen LogP contribution is -2.28. The van der Waals surface area contributed by atoms with E-state index >= 15 is 0 Å². The molecular weight excluding hydrogens is 364 g/mol. The Morgan fingerprint density at radius 3 is 2.14 bits per heavy atom. The molecule has 1 saturated heterocycles. The highest BCUT2D eigenvalue weighted by Gasteiger charge is 2.35. The van der Waals surface area contributed by atoms with E-state index in [1.165, 1.54) is 0 Å². The van der Waals surface area contributed by atoms with E-state index in [0.717, 1.165) is 35.8 Å². The van der Waals surface area contributed by atoms with Crippen LogP contribution >= 0.6 is 0 Å². The van der Waals surface area contributed by atoms with Crippen molar-refractivity contribution in [2.75, 3.05) is 53.7 Å². The highest BCUT2D eigenvalue weighted by atomic mass is 16.2. The lowest BCUT2D eigenvalue weighted by atomic mass is 10.1. The van der Waals surface area contributed by atoms with Gasteiger partial charge >= 0.3 is 0 Å². The van der Waals surface area contributed by atoms with Gasteiger partial charge in [0.25, 0.3) is 0 Å². The fourth-order valence-corrected chi connectivity index (χ4v) is 3.65. The van der Waals surface area contributed by atoms with Gasteiger partial charge < -0.3 is 20.0 Å². The number of benzene rings is 2. The van der Waals surface area contributed by atoms with Crippen molar-refractivity contribution in [2.24, 2.45) is 5.92 Å². The van der Waals surface area contributed by atoms with Gasteiger partial charge in [0.1, 0.15) is 0 Å². The van der Waals surface area contributed by atoms with E-state index in [1.54, 1.807) is 4.90 Å². The Labute approximate surface area is 173 Å². The Hall–Kier alpha value is -3.02. The molecule has 2 aromatic carbocycles. The summed E-state index contributed by atoms with van der Waals surface area (Å²) in [4.78, 5) is 31.2. The molecule has 1 atom stereocenters. The standard InChI is InChI=1S/C23H30N4O2/c1-5-26(6-2)20-11-13-21(14-12-20)27-16-17(15-22(27)28)23(29)24-18-7-9-19(10-8-18)25(3)4/h7-14,17H,5-6,15-16H2,1-4H3,(H,24,29). The number of rotatable bonds is 7. The first kappa shape index (κ1) is 20.7. The summed E-state index contributed by atoms with van der Waals surface area (Å²) in [6, 6.07) is 15.7. The minimum absolute atomic E-state index is 0.0105.